The summed E-state index contributed by atoms with van der Waals surface area (Å²) >= 11 is 0. The van der Waals surface area contributed by atoms with E-state index in [4.69, 9.17) is 9.47 Å². The molecular formula is C39H55FN6O5. The Morgan fingerprint density at radius 1 is 1.00 bits per heavy atom. The minimum atomic E-state index is -0.634. The third-order valence-corrected chi connectivity index (χ3v) is 11.3. The highest BCUT2D eigenvalue weighted by Gasteiger charge is 2.52. The number of nitrogens with zero attached hydrogens (tertiary/aromatic N) is 6. The molecule has 0 atom stereocenters. The van der Waals surface area contributed by atoms with Crippen LogP contribution in [-0.4, -0.2) is 98.5 Å². The smallest absolute Gasteiger partial charge is 0.417 e. The maximum atomic E-state index is 14.4. The molecule has 1 aromatic heterocycles. The van der Waals surface area contributed by atoms with E-state index in [0.717, 1.165) is 77.7 Å². The predicted octanol–water partition coefficient (Wildman–Crippen LogP) is 7.06. The van der Waals surface area contributed by atoms with Crippen molar-refractivity contribution in [2.24, 2.45) is 11.3 Å². The lowest BCUT2D eigenvalue weighted by atomic mass is 9.71. The summed E-state index contributed by atoms with van der Waals surface area (Å²) in [5, 5.41) is 0. The van der Waals surface area contributed by atoms with Gasteiger partial charge in [0.15, 0.2) is 11.6 Å². The molecule has 12 heteroatoms. The first-order chi connectivity index (χ1) is 24.1. The van der Waals surface area contributed by atoms with Gasteiger partial charge in [0.05, 0.1) is 17.3 Å². The van der Waals surface area contributed by atoms with Gasteiger partial charge >= 0.3 is 6.09 Å². The summed E-state index contributed by atoms with van der Waals surface area (Å²) in [5.74, 6) is 1.05. The van der Waals surface area contributed by atoms with Crippen molar-refractivity contribution in [3.63, 3.8) is 0 Å². The molecule has 51 heavy (non-hydrogen) atoms. The first kappa shape index (κ1) is 37.0. The van der Waals surface area contributed by atoms with Crippen LogP contribution in [0, 0.1) is 17.2 Å². The topological polar surface area (TPSA) is 108 Å². The van der Waals surface area contributed by atoms with Crippen molar-refractivity contribution in [2.45, 2.75) is 123 Å². The molecule has 3 amide bonds. The molecule has 11 nitrogen and oxygen atoms in total. The molecule has 4 aliphatic rings. The fraction of sp³-hybridized carbons (Fsp3) is 0.667. The highest BCUT2D eigenvalue weighted by molar-refractivity contribution is 5.97. The van der Waals surface area contributed by atoms with Crippen molar-refractivity contribution in [2.75, 3.05) is 37.6 Å². The monoisotopic (exact) mass is 706 g/mol. The number of carbonyl (C=O) groups excluding carboxylic acids is 3. The van der Waals surface area contributed by atoms with Crippen molar-refractivity contribution in [1.82, 2.24) is 24.7 Å². The summed E-state index contributed by atoms with van der Waals surface area (Å²) < 4.78 is 26.3. The number of hydrogen-bond donors (Lipinski definition) is 0. The van der Waals surface area contributed by atoms with E-state index < -0.39 is 23.1 Å². The second-order valence-electron chi connectivity index (χ2n) is 16.9. The molecule has 4 fully saturated rings. The Morgan fingerprint density at radius 3 is 2.29 bits per heavy atom. The lowest BCUT2D eigenvalue weighted by Gasteiger charge is -2.55. The highest BCUT2D eigenvalue weighted by Crippen LogP contribution is 2.47. The van der Waals surface area contributed by atoms with Crippen molar-refractivity contribution in [3.05, 3.63) is 42.1 Å². The zero-order chi connectivity index (χ0) is 36.7. The van der Waals surface area contributed by atoms with Crippen LogP contribution in [0.15, 0.2) is 30.7 Å². The average Bonchev–Trinajstić information content (AvgIpc) is 3.36. The Bertz CT molecular complexity index is 1590. The van der Waals surface area contributed by atoms with Gasteiger partial charge in [-0.1, -0.05) is 0 Å². The van der Waals surface area contributed by atoms with Crippen LogP contribution < -0.4 is 9.64 Å². The largest absolute Gasteiger partial charge is 0.451 e. The van der Waals surface area contributed by atoms with Crippen LogP contribution in [0.3, 0.4) is 0 Å². The van der Waals surface area contributed by atoms with Gasteiger partial charge in [0.25, 0.3) is 5.91 Å². The number of aromatic nitrogens is 2. The molecule has 0 unspecified atom stereocenters. The molecule has 4 heterocycles. The van der Waals surface area contributed by atoms with Crippen molar-refractivity contribution in [3.8, 4) is 11.5 Å². The van der Waals surface area contributed by atoms with Crippen LogP contribution in [0.5, 0.6) is 11.5 Å². The van der Waals surface area contributed by atoms with Crippen LogP contribution in [0.1, 0.15) is 110 Å². The number of likely N-dealkylation sites (tertiary alicyclic amines) is 2. The van der Waals surface area contributed by atoms with Gasteiger partial charge in [0.2, 0.25) is 5.91 Å². The van der Waals surface area contributed by atoms with E-state index in [1.54, 1.807) is 11.1 Å². The summed E-state index contributed by atoms with van der Waals surface area (Å²) in [6.45, 7) is 18.1. The normalized spacial score (nSPS) is 23.6. The average molecular weight is 707 g/mol. The molecule has 3 aliphatic heterocycles. The first-order valence-electron chi connectivity index (χ1n) is 18.7. The molecule has 1 saturated carbocycles. The van der Waals surface area contributed by atoms with Crippen LogP contribution in [-0.2, 0) is 9.53 Å². The number of carbonyl (C=O) groups is 3. The van der Waals surface area contributed by atoms with Gasteiger partial charge in [0, 0.05) is 43.6 Å². The van der Waals surface area contributed by atoms with Gasteiger partial charge < -0.3 is 24.2 Å². The van der Waals surface area contributed by atoms with E-state index in [2.05, 4.69) is 19.8 Å². The fourth-order valence-electron chi connectivity index (χ4n) is 8.81. The van der Waals surface area contributed by atoms with E-state index in [9.17, 15) is 18.8 Å². The maximum absolute atomic E-state index is 14.4. The van der Waals surface area contributed by atoms with Crippen LogP contribution in [0.2, 0.25) is 0 Å². The summed E-state index contributed by atoms with van der Waals surface area (Å²) in [6.07, 6.45) is 9.68. The summed E-state index contributed by atoms with van der Waals surface area (Å²) in [5.41, 5.74) is -0.647. The first-order valence-corrected chi connectivity index (χ1v) is 18.7. The molecule has 0 radical (unpaired) electrons. The lowest BCUT2D eigenvalue weighted by molar-refractivity contribution is -0.131. The second kappa shape index (κ2) is 14.3. The lowest BCUT2D eigenvalue weighted by Crippen LogP contribution is -2.61. The summed E-state index contributed by atoms with van der Waals surface area (Å²) in [4.78, 5) is 56.1. The third-order valence-electron chi connectivity index (χ3n) is 11.3. The van der Waals surface area contributed by atoms with Crippen LogP contribution >= 0.6 is 0 Å². The van der Waals surface area contributed by atoms with E-state index >= 15 is 0 Å². The number of imide groups is 1. The van der Waals surface area contributed by atoms with Gasteiger partial charge in [-0.15, -0.1) is 0 Å². The summed E-state index contributed by atoms with van der Waals surface area (Å²) in [7, 11) is 0. The molecule has 3 saturated heterocycles. The van der Waals surface area contributed by atoms with Gasteiger partial charge in [0.1, 0.15) is 23.5 Å². The minimum Gasteiger partial charge on any atom is -0.451 e. The zero-order valence-electron chi connectivity index (χ0n) is 31.4. The standard InChI is InChI=1S/C39H55FN6O5/c1-26(2)45(27(3)4)35(48)30-20-29(40)8-9-31(30)50-32-21-41-25-42-34(32)44-23-38(24-44)16-18-43(19-17-38)22-28-10-13-39(14-11-28)15-12-33(47)46(39)36(49)51-37(5,6)7/h8-9,20-21,25-28H,10-19,22-24H2,1-7H3. The molecular weight excluding hydrogens is 651 g/mol. The molecule has 278 valence electrons. The molecule has 1 aromatic carbocycles. The van der Waals surface area contributed by atoms with Gasteiger partial charge in [-0.25, -0.2) is 24.1 Å². The third kappa shape index (κ3) is 7.85. The number of ether oxygens (including phenoxy) is 2. The Kier molecular flexibility index (Phi) is 10.4. The van der Waals surface area contributed by atoms with Crippen LogP contribution in [0.4, 0.5) is 15.0 Å². The van der Waals surface area contributed by atoms with Crippen molar-refractivity contribution >= 4 is 23.7 Å². The van der Waals surface area contributed by atoms with Gasteiger partial charge in [-0.05, 0) is 131 Å². The molecule has 2 spiro atoms. The quantitative estimate of drug-likeness (QED) is 0.285. The molecule has 2 aromatic rings. The maximum Gasteiger partial charge on any atom is 0.417 e. The Hall–Kier alpha value is -3.80. The number of anilines is 1. The Balaban J connectivity index is 1.03. The number of amides is 3. The van der Waals surface area contributed by atoms with E-state index in [1.165, 1.54) is 29.4 Å². The molecule has 0 bridgehead atoms. The number of benzene rings is 1. The van der Waals surface area contributed by atoms with Gasteiger partial charge in [-0.3, -0.25) is 9.59 Å². The second-order valence-corrected chi connectivity index (χ2v) is 16.9. The molecule has 0 N–H and O–H groups in total. The van der Waals surface area contributed by atoms with E-state index in [0.29, 0.717) is 23.9 Å². The highest BCUT2D eigenvalue weighted by atomic mass is 19.1. The number of piperidine rings is 1. The van der Waals surface area contributed by atoms with Crippen molar-refractivity contribution < 1.29 is 28.2 Å². The SMILES string of the molecule is CC(C)N(C(=O)c1cc(F)ccc1Oc1cncnc1N1CC2(CCN(CC3CCC4(CCC(=O)N4C(=O)OC(C)(C)C)CC3)CC2)C1)C(C)C. The van der Waals surface area contributed by atoms with E-state index in [1.807, 2.05) is 48.5 Å². The number of halogens is 1. The minimum absolute atomic E-state index is 0.0663. The van der Waals surface area contributed by atoms with Crippen molar-refractivity contribution in [1.29, 1.82) is 0 Å². The zero-order valence-corrected chi connectivity index (χ0v) is 31.4. The van der Waals surface area contributed by atoms with Gasteiger partial charge in [-0.2, -0.15) is 0 Å². The predicted molar refractivity (Wildman–Crippen MR) is 192 cm³/mol. The van der Waals surface area contributed by atoms with Crippen LogP contribution in [0.25, 0.3) is 0 Å². The fourth-order valence-corrected chi connectivity index (χ4v) is 8.81. The molecule has 1 aliphatic carbocycles. The Morgan fingerprint density at radius 2 is 1.67 bits per heavy atom. The number of hydrogen-bond acceptors (Lipinski definition) is 9. The summed E-state index contributed by atoms with van der Waals surface area (Å²) in [6, 6.07) is 3.91. The van der Waals surface area contributed by atoms with E-state index in [-0.39, 0.29) is 40.6 Å². The number of rotatable bonds is 8. The Labute approximate surface area is 301 Å². The molecule has 6 rings (SSSR count).